The van der Waals surface area contributed by atoms with Crippen molar-refractivity contribution in [3.05, 3.63) is 64.4 Å². The fourth-order valence-electron chi connectivity index (χ4n) is 2.04. The fourth-order valence-corrected chi connectivity index (χ4v) is 2.39. The number of nitrogens with two attached hydrogens (primary N) is 1. The van der Waals surface area contributed by atoms with Crippen LogP contribution in [0.5, 0.6) is 0 Å². The molecule has 0 amide bonds. The lowest BCUT2D eigenvalue weighted by molar-refractivity contribution is 0.586. The lowest BCUT2D eigenvalue weighted by atomic mass is 10.3. The van der Waals surface area contributed by atoms with E-state index in [0.717, 1.165) is 12.1 Å². The number of anilines is 5. The number of halogens is 4. The number of benzene rings is 2. The van der Waals surface area contributed by atoms with Gasteiger partial charge in [-0.05, 0) is 24.3 Å². The third kappa shape index (κ3) is 3.72. The van der Waals surface area contributed by atoms with Crippen LogP contribution in [0.3, 0.4) is 0 Å². The Balaban J connectivity index is 1.91. The van der Waals surface area contributed by atoms with Crippen LogP contribution in [-0.2, 0) is 0 Å². The van der Waals surface area contributed by atoms with Crippen LogP contribution in [0.1, 0.15) is 0 Å². The van der Waals surface area contributed by atoms with Crippen LogP contribution < -0.4 is 16.4 Å². The monoisotopic (exact) mass is 381 g/mol. The van der Waals surface area contributed by atoms with E-state index >= 15 is 0 Å². The van der Waals surface area contributed by atoms with E-state index in [9.17, 15) is 8.78 Å². The van der Waals surface area contributed by atoms with Gasteiger partial charge in [0.1, 0.15) is 23.6 Å². The van der Waals surface area contributed by atoms with E-state index in [-0.39, 0.29) is 23.0 Å². The zero-order chi connectivity index (χ0) is 18.0. The first-order chi connectivity index (χ1) is 12.0. The quantitative estimate of drug-likeness (QED) is 0.583. The Hall–Kier alpha value is -2.64. The molecule has 0 bridgehead atoms. The summed E-state index contributed by atoms with van der Waals surface area (Å²) in [5.74, 6) is -1.05. The lowest BCUT2D eigenvalue weighted by Gasteiger charge is -2.14. The molecule has 128 valence electrons. The van der Waals surface area contributed by atoms with E-state index in [1.807, 2.05) is 0 Å². The van der Waals surface area contributed by atoms with Crippen LogP contribution in [0.4, 0.5) is 37.5 Å². The largest absolute Gasteiger partial charge is 0.393 e. The SMILES string of the molecule is Nc1c(Nc2ccc(F)cc2F)ncnc1Nc1cccc(Cl)c1Cl. The first-order valence-corrected chi connectivity index (χ1v) is 7.75. The van der Waals surface area contributed by atoms with Gasteiger partial charge in [-0.3, -0.25) is 0 Å². The zero-order valence-corrected chi connectivity index (χ0v) is 14.0. The van der Waals surface area contributed by atoms with Crippen molar-refractivity contribution in [3.63, 3.8) is 0 Å². The Morgan fingerprint density at radius 2 is 1.60 bits per heavy atom. The summed E-state index contributed by atoms with van der Waals surface area (Å²) in [6.45, 7) is 0. The molecule has 0 saturated heterocycles. The highest BCUT2D eigenvalue weighted by atomic mass is 35.5. The minimum atomic E-state index is -0.773. The van der Waals surface area contributed by atoms with Gasteiger partial charge in [0.2, 0.25) is 0 Å². The number of rotatable bonds is 4. The molecule has 9 heteroatoms. The summed E-state index contributed by atoms with van der Waals surface area (Å²) in [7, 11) is 0. The third-order valence-corrected chi connectivity index (χ3v) is 4.09. The van der Waals surface area contributed by atoms with Gasteiger partial charge in [0.05, 0.1) is 21.4 Å². The summed E-state index contributed by atoms with van der Waals surface area (Å²) in [4.78, 5) is 8.01. The van der Waals surface area contributed by atoms with Crippen molar-refractivity contribution in [3.8, 4) is 0 Å². The molecule has 0 unspecified atom stereocenters. The van der Waals surface area contributed by atoms with Crippen molar-refractivity contribution in [2.75, 3.05) is 16.4 Å². The maximum absolute atomic E-state index is 13.8. The Labute approximate surface area is 151 Å². The number of nitrogens with one attached hydrogen (secondary N) is 2. The van der Waals surface area contributed by atoms with Crippen LogP contribution in [-0.4, -0.2) is 9.97 Å². The van der Waals surface area contributed by atoms with E-state index < -0.39 is 11.6 Å². The first-order valence-electron chi connectivity index (χ1n) is 6.99. The zero-order valence-electron chi connectivity index (χ0n) is 12.5. The standard InChI is InChI=1S/C16H11Cl2F2N5/c17-9-2-1-3-12(13(9)18)25-16-14(21)15(22-7-23-16)24-11-5-4-8(19)6-10(11)20/h1-7H,21H2,(H2,22,23,24,25). The van der Waals surface area contributed by atoms with Crippen molar-refractivity contribution < 1.29 is 8.78 Å². The van der Waals surface area contributed by atoms with Crippen LogP contribution in [0.2, 0.25) is 10.0 Å². The molecule has 0 atom stereocenters. The minimum absolute atomic E-state index is 0.0264. The van der Waals surface area contributed by atoms with Crippen LogP contribution >= 0.6 is 23.2 Å². The van der Waals surface area contributed by atoms with Gasteiger partial charge in [0, 0.05) is 6.07 Å². The van der Waals surface area contributed by atoms with Gasteiger partial charge in [-0.15, -0.1) is 0 Å². The third-order valence-electron chi connectivity index (χ3n) is 3.27. The maximum Gasteiger partial charge on any atom is 0.159 e. The number of nitrogens with zero attached hydrogens (tertiary/aromatic N) is 2. The smallest absolute Gasteiger partial charge is 0.159 e. The van der Waals surface area contributed by atoms with E-state index in [1.54, 1.807) is 18.2 Å². The average molecular weight is 382 g/mol. The molecule has 3 aromatic rings. The molecule has 0 aliphatic rings. The Bertz CT molecular complexity index is 936. The Morgan fingerprint density at radius 1 is 0.920 bits per heavy atom. The van der Waals surface area contributed by atoms with Crippen molar-refractivity contribution in [2.24, 2.45) is 0 Å². The fraction of sp³-hybridized carbons (Fsp3) is 0. The second kappa shape index (κ2) is 7.08. The van der Waals surface area contributed by atoms with Crippen molar-refractivity contribution in [1.29, 1.82) is 0 Å². The summed E-state index contributed by atoms with van der Waals surface area (Å²) in [6, 6.07) is 8.16. The number of hydrogen-bond acceptors (Lipinski definition) is 5. The molecule has 3 rings (SSSR count). The van der Waals surface area contributed by atoms with Gasteiger partial charge in [0.15, 0.2) is 11.6 Å². The second-order valence-corrected chi connectivity index (χ2v) is 5.75. The molecule has 2 aromatic carbocycles. The molecular formula is C16H11Cl2F2N5. The lowest BCUT2D eigenvalue weighted by Crippen LogP contribution is -2.06. The molecule has 0 aliphatic heterocycles. The molecular weight excluding hydrogens is 371 g/mol. The number of nitrogen functional groups attached to an aromatic ring is 1. The number of hydrogen-bond donors (Lipinski definition) is 3. The van der Waals surface area contributed by atoms with Crippen molar-refractivity contribution in [1.82, 2.24) is 9.97 Å². The van der Waals surface area contributed by atoms with Crippen LogP contribution in [0.15, 0.2) is 42.7 Å². The molecule has 1 aromatic heterocycles. The predicted molar refractivity (Wildman–Crippen MR) is 95.8 cm³/mol. The highest BCUT2D eigenvalue weighted by Crippen LogP contribution is 2.34. The highest BCUT2D eigenvalue weighted by molar-refractivity contribution is 6.43. The van der Waals surface area contributed by atoms with Gasteiger partial charge >= 0.3 is 0 Å². The molecule has 5 nitrogen and oxygen atoms in total. The molecule has 25 heavy (non-hydrogen) atoms. The average Bonchev–Trinajstić information content (AvgIpc) is 2.57. The summed E-state index contributed by atoms with van der Waals surface area (Å²) in [5.41, 5.74) is 6.68. The van der Waals surface area contributed by atoms with Gasteiger partial charge in [-0.25, -0.2) is 18.7 Å². The van der Waals surface area contributed by atoms with E-state index in [2.05, 4.69) is 20.6 Å². The summed E-state index contributed by atoms with van der Waals surface area (Å²) in [5, 5.41) is 6.32. The number of aromatic nitrogens is 2. The van der Waals surface area contributed by atoms with Gasteiger partial charge in [-0.2, -0.15) is 0 Å². The van der Waals surface area contributed by atoms with Gasteiger partial charge < -0.3 is 16.4 Å². The van der Waals surface area contributed by atoms with Crippen LogP contribution in [0.25, 0.3) is 0 Å². The normalized spacial score (nSPS) is 10.6. The van der Waals surface area contributed by atoms with E-state index in [4.69, 9.17) is 28.9 Å². The Morgan fingerprint density at radius 3 is 2.28 bits per heavy atom. The predicted octanol–water partition coefficient (Wildman–Crippen LogP) is 5.13. The molecule has 0 spiro atoms. The summed E-state index contributed by atoms with van der Waals surface area (Å²) in [6.07, 6.45) is 1.24. The molecule has 0 fully saturated rings. The van der Waals surface area contributed by atoms with Crippen molar-refractivity contribution in [2.45, 2.75) is 0 Å². The molecule has 0 aliphatic carbocycles. The van der Waals surface area contributed by atoms with Crippen LogP contribution in [0, 0.1) is 11.6 Å². The van der Waals surface area contributed by atoms with Gasteiger partial charge in [-0.1, -0.05) is 29.3 Å². The molecule has 1 heterocycles. The van der Waals surface area contributed by atoms with Crippen molar-refractivity contribution >= 4 is 51.9 Å². The summed E-state index contributed by atoms with van der Waals surface area (Å²) >= 11 is 12.1. The molecule has 4 N–H and O–H groups in total. The van der Waals surface area contributed by atoms with Gasteiger partial charge in [0.25, 0.3) is 0 Å². The highest BCUT2D eigenvalue weighted by Gasteiger charge is 2.13. The first kappa shape index (κ1) is 17.2. The minimum Gasteiger partial charge on any atom is -0.393 e. The van der Waals surface area contributed by atoms with E-state index in [1.165, 1.54) is 12.4 Å². The topological polar surface area (TPSA) is 75.9 Å². The second-order valence-electron chi connectivity index (χ2n) is 4.96. The Kier molecular flexibility index (Phi) is 4.87. The summed E-state index contributed by atoms with van der Waals surface area (Å²) < 4.78 is 26.8. The maximum atomic E-state index is 13.8. The van der Waals surface area contributed by atoms with E-state index in [0.29, 0.717) is 15.7 Å². The molecule has 0 radical (unpaired) electrons. The molecule has 0 saturated carbocycles.